The van der Waals surface area contributed by atoms with Gasteiger partial charge in [-0.3, -0.25) is 15.6 Å². The van der Waals surface area contributed by atoms with E-state index < -0.39 is 5.84 Å². The summed E-state index contributed by atoms with van der Waals surface area (Å²) in [5.41, 5.74) is 8.20. The first kappa shape index (κ1) is 17.2. The number of morpholine rings is 1. The molecule has 1 aromatic carbocycles. The molecule has 1 fully saturated rings. The molecule has 0 aliphatic carbocycles. The second kappa shape index (κ2) is 8.50. The van der Waals surface area contributed by atoms with Gasteiger partial charge in [-0.1, -0.05) is 0 Å². The Morgan fingerprint density at radius 1 is 1.42 bits per heavy atom. The number of hydrogen-bond acceptors (Lipinski definition) is 7. The third-order valence-electron chi connectivity index (χ3n) is 3.24. The van der Waals surface area contributed by atoms with Gasteiger partial charge in [0.05, 0.1) is 18.9 Å². The molecular weight excluding hydrogens is 312 g/mol. The Kier molecular flexibility index (Phi) is 6.10. The summed E-state index contributed by atoms with van der Waals surface area (Å²) in [4.78, 5) is 13.7. The zero-order valence-electron chi connectivity index (χ0n) is 13.0. The van der Waals surface area contributed by atoms with E-state index in [9.17, 15) is 4.79 Å². The molecule has 24 heavy (non-hydrogen) atoms. The molecule has 0 spiro atoms. The van der Waals surface area contributed by atoms with Crippen LogP contribution in [0.1, 0.15) is 0 Å². The van der Waals surface area contributed by atoms with Crippen molar-refractivity contribution in [3.05, 3.63) is 24.3 Å². The minimum atomic E-state index is -0.411. The molecule has 0 bridgehead atoms. The Morgan fingerprint density at radius 3 is 2.67 bits per heavy atom. The van der Waals surface area contributed by atoms with Crippen molar-refractivity contribution in [2.45, 2.75) is 0 Å². The molecule has 1 amide bonds. The van der Waals surface area contributed by atoms with Gasteiger partial charge in [0.15, 0.2) is 12.4 Å². The highest BCUT2D eigenvalue weighted by Gasteiger charge is 2.17. The number of nitrogens with zero attached hydrogens (tertiary/aromatic N) is 3. The zero-order chi connectivity index (χ0) is 17.4. The fourth-order valence-corrected chi connectivity index (χ4v) is 1.94. The molecule has 9 nitrogen and oxygen atoms in total. The van der Waals surface area contributed by atoms with Crippen molar-refractivity contribution >= 4 is 23.1 Å². The first-order valence-corrected chi connectivity index (χ1v) is 7.26. The monoisotopic (exact) mass is 330 g/mol. The van der Waals surface area contributed by atoms with Gasteiger partial charge in [0.2, 0.25) is 5.71 Å². The molecule has 1 aliphatic heterocycles. The highest BCUT2D eigenvalue weighted by molar-refractivity contribution is 6.45. The van der Waals surface area contributed by atoms with Crippen LogP contribution >= 0.6 is 0 Å². The van der Waals surface area contributed by atoms with Gasteiger partial charge < -0.3 is 20.1 Å². The number of ether oxygens (including phenoxy) is 2. The van der Waals surface area contributed by atoms with Gasteiger partial charge in [0, 0.05) is 13.1 Å². The van der Waals surface area contributed by atoms with E-state index in [2.05, 4.69) is 10.5 Å². The van der Waals surface area contributed by atoms with E-state index in [4.69, 9.17) is 25.9 Å². The maximum Gasteiger partial charge on any atom is 0.260 e. The Bertz CT molecular complexity index is 659. The van der Waals surface area contributed by atoms with Crippen LogP contribution in [0.25, 0.3) is 0 Å². The number of carbonyl (C=O) groups is 1. The Balaban J connectivity index is 1.84. The predicted octanol–water partition coefficient (Wildman–Crippen LogP) is 0.152. The van der Waals surface area contributed by atoms with E-state index in [0.717, 1.165) is 0 Å². The van der Waals surface area contributed by atoms with Crippen LogP contribution < -0.4 is 15.9 Å². The number of amides is 1. The molecule has 1 aliphatic rings. The molecule has 1 aromatic rings. The standard InChI is InChI=1S/C15H18N6O3/c16-9-13(15(17)18)20-19-11-1-3-12(4-2-11)24-10-14(22)21-5-7-23-8-6-21/h1-4,19H,5-8,10H2,(H3,17,18)/b20-13+. The Labute approximate surface area is 139 Å². The number of nitrogens with two attached hydrogens (primary N) is 1. The zero-order valence-corrected chi connectivity index (χ0v) is 13.0. The summed E-state index contributed by atoms with van der Waals surface area (Å²) in [7, 11) is 0. The van der Waals surface area contributed by atoms with Gasteiger partial charge in [-0.15, -0.1) is 0 Å². The van der Waals surface area contributed by atoms with Crippen LogP contribution in [-0.4, -0.2) is 55.3 Å². The summed E-state index contributed by atoms with van der Waals surface area (Å²) in [5.74, 6) is 0.0509. The van der Waals surface area contributed by atoms with Crippen molar-refractivity contribution in [3.8, 4) is 11.8 Å². The van der Waals surface area contributed by atoms with Crippen molar-refractivity contribution < 1.29 is 14.3 Å². The van der Waals surface area contributed by atoms with Gasteiger partial charge in [-0.2, -0.15) is 10.4 Å². The number of nitrogens with one attached hydrogen (secondary N) is 2. The molecule has 0 atom stereocenters. The fraction of sp³-hybridized carbons (Fsp3) is 0.333. The fourth-order valence-electron chi connectivity index (χ4n) is 1.94. The van der Waals surface area contributed by atoms with Crippen LogP contribution in [0.15, 0.2) is 29.4 Å². The van der Waals surface area contributed by atoms with Crippen LogP contribution in [0.4, 0.5) is 5.69 Å². The summed E-state index contributed by atoms with van der Waals surface area (Å²) < 4.78 is 10.7. The number of amidine groups is 1. The minimum Gasteiger partial charge on any atom is -0.484 e. The average molecular weight is 330 g/mol. The van der Waals surface area contributed by atoms with Crippen LogP contribution in [0, 0.1) is 16.7 Å². The first-order valence-electron chi connectivity index (χ1n) is 7.26. The smallest absolute Gasteiger partial charge is 0.260 e. The second-order valence-corrected chi connectivity index (χ2v) is 4.90. The number of rotatable bonds is 6. The normalized spacial score (nSPS) is 14.6. The van der Waals surface area contributed by atoms with Crippen molar-refractivity contribution in [1.82, 2.24) is 4.90 Å². The van der Waals surface area contributed by atoms with Crippen LogP contribution in [0.5, 0.6) is 5.75 Å². The molecule has 126 valence electrons. The van der Waals surface area contributed by atoms with Gasteiger partial charge in [0.25, 0.3) is 5.91 Å². The lowest BCUT2D eigenvalue weighted by Crippen LogP contribution is -2.42. The maximum absolute atomic E-state index is 12.0. The van der Waals surface area contributed by atoms with Crippen molar-refractivity contribution in [2.24, 2.45) is 10.8 Å². The molecule has 0 unspecified atom stereocenters. The number of hydrazone groups is 1. The van der Waals surface area contributed by atoms with E-state index in [0.29, 0.717) is 37.7 Å². The molecule has 0 radical (unpaired) electrons. The quantitative estimate of drug-likeness (QED) is 0.386. The van der Waals surface area contributed by atoms with Crippen LogP contribution in [0.3, 0.4) is 0 Å². The SMILES string of the molecule is N#C/C(=N\Nc1ccc(OCC(=O)N2CCOCC2)cc1)C(=N)N. The van der Waals surface area contributed by atoms with E-state index in [-0.39, 0.29) is 18.2 Å². The topological polar surface area (TPSA) is 137 Å². The molecule has 1 heterocycles. The minimum absolute atomic E-state index is 0.0339. The summed E-state index contributed by atoms with van der Waals surface area (Å²) in [6.45, 7) is 2.24. The van der Waals surface area contributed by atoms with E-state index in [1.807, 2.05) is 0 Å². The van der Waals surface area contributed by atoms with Gasteiger partial charge in [-0.25, -0.2) is 0 Å². The van der Waals surface area contributed by atoms with Crippen molar-refractivity contribution in [1.29, 1.82) is 10.7 Å². The number of hydrogen-bond donors (Lipinski definition) is 3. The van der Waals surface area contributed by atoms with Gasteiger partial charge in [-0.05, 0) is 24.3 Å². The van der Waals surface area contributed by atoms with Crippen LogP contribution in [0.2, 0.25) is 0 Å². The number of nitriles is 1. The van der Waals surface area contributed by atoms with Crippen molar-refractivity contribution in [2.75, 3.05) is 38.3 Å². The first-order chi connectivity index (χ1) is 11.6. The molecule has 4 N–H and O–H groups in total. The third-order valence-corrected chi connectivity index (χ3v) is 3.24. The van der Waals surface area contributed by atoms with E-state index >= 15 is 0 Å². The molecule has 2 rings (SSSR count). The van der Waals surface area contributed by atoms with Gasteiger partial charge >= 0.3 is 0 Å². The number of anilines is 1. The number of benzene rings is 1. The van der Waals surface area contributed by atoms with E-state index in [1.54, 1.807) is 35.2 Å². The highest BCUT2D eigenvalue weighted by atomic mass is 16.5. The van der Waals surface area contributed by atoms with Crippen LogP contribution in [-0.2, 0) is 9.53 Å². The molecule has 0 saturated carbocycles. The lowest BCUT2D eigenvalue weighted by atomic mass is 10.3. The average Bonchev–Trinajstić information content (AvgIpc) is 2.61. The summed E-state index contributed by atoms with van der Waals surface area (Å²) in [5, 5.41) is 19.6. The lowest BCUT2D eigenvalue weighted by Gasteiger charge is -2.26. The summed E-state index contributed by atoms with van der Waals surface area (Å²) >= 11 is 0. The van der Waals surface area contributed by atoms with Gasteiger partial charge in [0.1, 0.15) is 11.8 Å². The van der Waals surface area contributed by atoms with E-state index in [1.165, 1.54) is 0 Å². The predicted molar refractivity (Wildman–Crippen MR) is 87.9 cm³/mol. The Hall–Kier alpha value is -3.12. The largest absolute Gasteiger partial charge is 0.484 e. The molecule has 1 saturated heterocycles. The molecule has 9 heteroatoms. The summed E-state index contributed by atoms with van der Waals surface area (Å²) in [6.07, 6.45) is 0. The highest BCUT2D eigenvalue weighted by Crippen LogP contribution is 2.16. The maximum atomic E-state index is 12.0. The van der Waals surface area contributed by atoms with Crippen molar-refractivity contribution in [3.63, 3.8) is 0 Å². The number of carbonyl (C=O) groups excluding carboxylic acids is 1. The second-order valence-electron chi connectivity index (χ2n) is 4.90. The third kappa shape index (κ3) is 4.96. The molecular formula is C15H18N6O3. The molecule has 0 aromatic heterocycles. The lowest BCUT2D eigenvalue weighted by molar-refractivity contribution is -0.137. The Morgan fingerprint density at radius 2 is 2.08 bits per heavy atom. The summed E-state index contributed by atoms with van der Waals surface area (Å²) in [6, 6.07) is 8.40.